The first-order chi connectivity index (χ1) is 9.11. The van der Waals surface area contributed by atoms with Crippen molar-refractivity contribution in [1.29, 1.82) is 0 Å². The van der Waals surface area contributed by atoms with Crippen molar-refractivity contribution in [2.24, 2.45) is 5.73 Å². The van der Waals surface area contributed by atoms with Gasteiger partial charge in [0.2, 0.25) is 0 Å². The molecule has 2 heteroatoms. The highest BCUT2D eigenvalue weighted by Gasteiger charge is 2.14. The van der Waals surface area contributed by atoms with Crippen molar-refractivity contribution < 1.29 is 4.39 Å². The molecular weight excluding hydrogens is 237 g/mol. The highest BCUT2D eigenvalue weighted by Crippen LogP contribution is 2.25. The molecule has 0 bridgehead atoms. The summed E-state index contributed by atoms with van der Waals surface area (Å²) in [7, 11) is 0. The highest BCUT2D eigenvalue weighted by atomic mass is 19.1. The first-order valence-corrected chi connectivity index (χ1v) is 6.62. The summed E-state index contributed by atoms with van der Waals surface area (Å²) in [4.78, 5) is 0. The molecule has 2 aromatic carbocycles. The molecule has 0 aromatic heterocycles. The Morgan fingerprint density at radius 3 is 2.42 bits per heavy atom. The number of halogens is 1. The van der Waals surface area contributed by atoms with Gasteiger partial charge in [-0.1, -0.05) is 30.3 Å². The van der Waals surface area contributed by atoms with Crippen LogP contribution in [0.2, 0.25) is 0 Å². The number of rotatable bonds is 4. The average molecular weight is 257 g/mol. The van der Waals surface area contributed by atoms with Crippen LogP contribution in [0.1, 0.15) is 28.2 Å². The van der Waals surface area contributed by atoms with Crippen LogP contribution in [-0.2, 0) is 6.42 Å². The molecule has 0 amide bonds. The third-order valence-corrected chi connectivity index (χ3v) is 3.68. The van der Waals surface area contributed by atoms with Crippen molar-refractivity contribution in [2.75, 3.05) is 6.54 Å². The van der Waals surface area contributed by atoms with Crippen molar-refractivity contribution in [2.45, 2.75) is 26.2 Å². The van der Waals surface area contributed by atoms with E-state index in [0.29, 0.717) is 6.54 Å². The van der Waals surface area contributed by atoms with Gasteiger partial charge in [-0.2, -0.15) is 0 Å². The fraction of sp³-hybridized carbons (Fsp3) is 0.294. The number of hydrogen-bond donors (Lipinski definition) is 1. The fourth-order valence-corrected chi connectivity index (χ4v) is 2.52. The van der Waals surface area contributed by atoms with Gasteiger partial charge in [0.25, 0.3) is 0 Å². The topological polar surface area (TPSA) is 26.0 Å². The second-order valence-electron chi connectivity index (χ2n) is 5.06. The van der Waals surface area contributed by atoms with Crippen LogP contribution in [0.4, 0.5) is 4.39 Å². The van der Waals surface area contributed by atoms with Gasteiger partial charge in [0, 0.05) is 5.92 Å². The van der Waals surface area contributed by atoms with Gasteiger partial charge in [-0.25, -0.2) is 4.39 Å². The maximum atomic E-state index is 13.2. The predicted molar refractivity (Wildman–Crippen MR) is 77.8 cm³/mol. The van der Waals surface area contributed by atoms with Gasteiger partial charge in [0.1, 0.15) is 5.82 Å². The lowest BCUT2D eigenvalue weighted by Crippen LogP contribution is -2.16. The van der Waals surface area contributed by atoms with E-state index in [1.54, 1.807) is 6.07 Å². The van der Waals surface area contributed by atoms with Crippen LogP contribution >= 0.6 is 0 Å². The summed E-state index contributed by atoms with van der Waals surface area (Å²) in [5, 5.41) is 0. The second-order valence-corrected chi connectivity index (χ2v) is 5.06. The van der Waals surface area contributed by atoms with Gasteiger partial charge < -0.3 is 5.73 Å². The Morgan fingerprint density at radius 2 is 1.79 bits per heavy atom. The number of aryl methyl sites for hydroxylation is 2. The molecule has 0 aliphatic carbocycles. The maximum absolute atomic E-state index is 13.2. The molecule has 0 aliphatic heterocycles. The Hall–Kier alpha value is -1.67. The molecule has 2 rings (SSSR count). The Balaban J connectivity index is 2.28. The second kappa shape index (κ2) is 5.98. The molecule has 2 N–H and O–H groups in total. The molecule has 0 spiro atoms. The Kier molecular flexibility index (Phi) is 4.33. The lowest BCUT2D eigenvalue weighted by Gasteiger charge is -2.19. The smallest absolute Gasteiger partial charge is 0.123 e. The van der Waals surface area contributed by atoms with E-state index in [-0.39, 0.29) is 11.7 Å². The molecule has 0 saturated heterocycles. The van der Waals surface area contributed by atoms with Crippen molar-refractivity contribution in [3.8, 4) is 0 Å². The van der Waals surface area contributed by atoms with Gasteiger partial charge in [0.05, 0.1) is 0 Å². The maximum Gasteiger partial charge on any atom is 0.123 e. The molecule has 100 valence electrons. The molecule has 1 atom stereocenters. The van der Waals surface area contributed by atoms with Gasteiger partial charge in [0.15, 0.2) is 0 Å². The predicted octanol–water partition coefficient (Wildman–Crippen LogP) is 3.73. The Morgan fingerprint density at radius 1 is 1.05 bits per heavy atom. The third kappa shape index (κ3) is 3.21. The molecule has 1 nitrogen and oxygen atoms in total. The first kappa shape index (κ1) is 13.8. The van der Waals surface area contributed by atoms with Crippen LogP contribution in [0, 0.1) is 19.7 Å². The van der Waals surface area contributed by atoms with E-state index in [4.69, 9.17) is 5.73 Å². The van der Waals surface area contributed by atoms with Crippen LogP contribution in [0.25, 0.3) is 0 Å². The lowest BCUT2D eigenvalue weighted by molar-refractivity contribution is 0.621. The van der Waals surface area contributed by atoms with E-state index in [2.05, 4.69) is 19.1 Å². The summed E-state index contributed by atoms with van der Waals surface area (Å²) < 4.78 is 13.2. The van der Waals surface area contributed by atoms with Crippen molar-refractivity contribution >= 4 is 0 Å². The van der Waals surface area contributed by atoms with Crippen LogP contribution in [0.5, 0.6) is 0 Å². The van der Waals surface area contributed by atoms with E-state index in [1.165, 1.54) is 17.2 Å². The zero-order valence-electron chi connectivity index (χ0n) is 11.5. The van der Waals surface area contributed by atoms with Gasteiger partial charge in [-0.15, -0.1) is 0 Å². The summed E-state index contributed by atoms with van der Waals surface area (Å²) in [5.74, 6) is 0.0506. The molecule has 19 heavy (non-hydrogen) atoms. The average Bonchev–Trinajstić information content (AvgIpc) is 2.39. The Bertz CT molecular complexity index is 563. The third-order valence-electron chi connectivity index (χ3n) is 3.68. The van der Waals surface area contributed by atoms with Gasteiger partial charge in [-0.05, 0) is 61.2 Å². The van der Waals surface area contributed by atoms with E-state index in [0.717, 1.165) is 17.5 Å². The quantitative estimate of drug-likeness (QED) is 0.887. The van der Waals surface area contributed by atoms with Crippen molar-refractivity contribution in [1.82, 2.24) is 0 Å². The molecular formula is C17H20FN. The van der Waals surface area contributed by atoms with E-state index in [9.17, 15) is 4.39 Å². The minimum Gasteiger partial charge on any atom is -0.330 e. The molecule has 1 unspecified atom stereocenters. The standard InChI is InChI=1S/C17H20FN/c1-12-5-3-4-6-14(12)10-15(11-19)17-8-7-16(18)9-13(17)2/h3-9,15H,10-11,19H2,1-2H3. The molecule has 0 aliphatic rings. The van der Waals surface area contributed by atoms with Crippen LogP contribution in [0.15, 0.2) is 42.5 Å². The largest absolute Gasteiger partial charge is 0.330 e. The van der Waals surface area contributed by atoms with Crippen molar-refractivity contribution in [3.05, 3.63) is 70.5 Å². The fourth-order valence-electron chi connectivity index (χ4n) is 2.52. The molecule has 0 saturated carbocycles. The summed E-state index contributed by atoms with van der Waals surface area (Å²) in [5.41, 5.74) is 10.6. The summed E-state index contributed by atoms with van der Waals surface area (Å²) in [6.07, 6.45) is 0.898. The summed E-state index contributed by atoms with van der Waals surface area (Å²) >= 11 is 0. The van der Waals surface area contributed by atoms with Gasteiger partial charge >= 0.3 is 0 Å². The van der Waals surface area contributed by atoms with Crippen LogP contribution in [-0.4, -0.2) is 6.54 Å². The molecule has 0 fully saturated rings. The zero-order valence-corrected chi connectivity index (χ0v) is 11.5. The van der Waals surface area contributed by atoms with E-state index in [1.807, 2.05) is 25.1 Å². The lowest BCUT2D eigenvalue weighted by atomic mass is 9.88. The number of hydrogen-bond acceptors (Lipinski definition) is 1. The summed E-state index contributed by atoms with van der Waals surface area (Å²) in [6.45, 7) is 4.63. The van der Waals surface area contributed by atoms with E-state index >= 15 is 0 Å². The van der Waals surface area contributed by atoms with Crippen LogP contribution in [0.3, 0.4) is 0 Å². The monoisotopic (exact) mass is 257 g/mol. The Labute approximate surface area is 114 Å². The van der Waals surface area contributed by atoms with Crippen LogP contribution < -0.4 is 5.73 Å². The highest BCUT2D eigenvalue weighted by molar-refractivity contribution is 5.34. The number of nitrogens with two attached hydrogens (primary N) is 1. The minimum atomic E-state index is -0.187. The minimum absolute atomic E-state index is 0.187. The van der Waals surface area contributed by atoms with Crippen molar-refractivity contribution in [3.63, 3.8) is 0 Å². The van der Waals surface area contributed by atoms with E-state index < -0.39 is 0 Å². The first-order valence-electron chi connectivity index (χ1n) is 6.62. The summed E-state index contributed by atoms with van der Waals surface area (Å²) in [6, 6.07) is 13.3. The normalized spacial score (nSPS) is 12.4. The zero-order chi connectivity index (χ0) is 13.8. The SMILES string of the molecule is Cc1ccccc1CC(CN)c1ccc(F)cc1C. The molecule has 0 radical (unpaired) electrons. The van der Waals surface area contributed by atoms with Gasteiger partial charge in [-0.3, -0.25) is 0 Å². The molecule has 0 heterocycles. The number of benzene rings is 2. The molecule has 2 aromatic rings.